The molecule has 0 unspecified atom stereocenters. The second-order valence-corrected chi connectivity index (χ2v) is 5.21. The number of nitrogens with zero attached hydrogens (tertiary/aromatic N) is 4. The maximum absolute atomic E-state index is 10.9. The van der Waals surface area contributed by atoms with Crippen LogP contribution in [0.1, 0.15) is 5.69 Å². The zero-order valence-electron chi connectivity index (χ0n) is 11.0. The average Bonchev–Trinajstić information content (AvgIpc) is 3.16. The molecule has 3 heterocycles. The van der Waals surface area contributed by atoms with Crippen LogP contribution in [0.2, 0.25) is 0 Å². The SMILES string of the molecule is Cn1cnc([N+](=O)[O-])c1NCc1coc(-c2cccs2)n1. The average molecular weight is 305 g/mol. The van der Waals surface area contributed by atoms with Gasteiger partial charge in [-0.2, -0.15) is 0 Å². The van der Waals surface area contributed by atoms with Gasteiger partial charge in [0.2, 0.25) is 18.0 Å². The molecule has 0 radical (unpaired) electrons. The summed E-state index contributed by atoms with van der Waals surface area (Å²) in [4.78, 5) is 19.3. The topological polar surface area (TPSA) is 99.0 Å². The van der Waals surface area contributed by atoms with Gasteiger partial charge in [0.05, 0.1) is 17.1 Å². The van der Waals surface area contributed by atoms with Gasteiger partial charge < -0.3 is 19.8 Å². The van der Waals surface area contributed by atoms with Crippen LogP contribution in [-0.4, -0.2) is 19.5 Å². The first-order valence-electron chi connectivity index (χ1n) is 6.03. The maximum atomic E-state index is 10.9. The summed E-state index contributed by atoms with van der Waals surface area (Å²) < 4.78 is 6.94. The van der Waals surface area contributed by atoms with Crippen molar-refractivity contribution in [2.24, 2.45) is 7.05 Å². The van der Waals surface area contributed by atoms with Crippen LogP contribution < -0.4 is 5.32 Å². The zero-order chi connectivity index (χ0) is 14.8. The van der Waals surface area contributed by atoms with E-state index in [1.807, 2.05) is 17.5 Å². The molecule has 21 heavy (non-hydrogen) atoms. The first-order valence-corrected chi connectivity index (χ1v) is 6.91. The molecule has 1 N–H and O–H groups in total. The van der Waals surface area contributed by atoms with Gasteiger partial charge in [0, 0.05) is 7.05 Å². The van der Waals surface area contributed by atoms with Crippen LogP contribution >= 0.6 is 11.3 Å². The summed E-state index contributed by atoms with van der Waals surface area (Å²) in [5, 5.41) is 15.8. The minimum Gasteiger partial charge on any atom is -0.443 e. The molecule has 0 aliphatic carbocycles. The molecule has 0 bridgehead atoms. The Hall–Kier alpha value is -2.68. The number of nitro groups is 1. The Morgan fingerprint density at radius 3 is 3.14 bits per heavy atom. The Balaban J connectivity index is 1.74. The molecule has 0 fully saturated rings. The molecule has 0 aliphatic heterocycles. The predicted molar refractivity (Wildman–Crippen MR) is 77.0 cm³/mol. The monoisotopic (exact) mass is 305 g/mol. The summed E-state index contributed by atoms with van der Waals surface area (Å²) in [6.45, 7) is 0.315. The van der Waals surface area contributed by atoms with Crippen molar-refractivity contribution in [3.63, 3.8) is 0 Å². The van der Waals surface area contributed by atoms with Crippen molar-refractivity contribution < 1.29 is 9.34 Å². The van der Waals surface area contributed by atoms with Crippen molar-refractivity contribution in [3.05, 3.63) is 45.9 Å². The van der Waals surface area contributed by atoms with Crippen molar-refractivity contribution in [3.8, 4) is 10.8 Å². The third-order valence-electron chi connectivity index (χ3n) is 2.81. The van der Waals surface area contributed by atoms with Gasteiger partial charge in [-0.3, -0.25) is 4.57 Å². The Morgan fingerprint density at radius 1 is 1.57 bits per heavy atom. The lowest BCUT2D eigenvalue weighted by Gasteiger charge is -2.03. The van der Waals surface area contributed by atoms with Crippen molar-refractivity contribution in [1.82, 2.24) is 14.5 Å². The third-order valence-corrected chi connectivity index (χ3v) is 3.67. The molecule has 9 heteroatoms. The molecule has 0 saturated heterocycles. The number of hydrogen-bond acceptors (Lipinski definition) is 7. The van der Waals surface area contributed by atoms with E-state index in [4.69, 9.17) is 4.42 Å². The molecular weight excluding hydrogens is 294 g/mol. The second-order valence-electron chi connectivity index (χ2n) is 4.26. The van der Waals surface area contributed by atoms with Gasteiger partial charge in [0.1, 0.15) is 6.26 Å². The van der Waals surface area contributed by atoms with Gasteiger partial charge >= 0.3 is 5.82 Å². The number of nitrogens with one attached hydrogen (secondary N) is 1. The fourth-order valence-corrected chi connectivity index (χ4v) is 2.49. The largest absolute Gasteiger partial charge is 0.443 e. The molecule has 3 aromatic heterocycles. The standard InChI is InChI=1S/C12H11N5O3S/c1-16-7-14-11(17(18)19)10(16)13-5-8-6-20-12(15-8)9-3-2-4-21-9/h2-4,6-7,13H,5H2,1H3. The number of anilines is 1. The Morgan fingerprint density at radius 2 is 2.43 bits per heavy atom. The third kappa shape index (κ3) is 2.63. The molecule has 0 amide bonds. The van der Waals surface area contributed by atoms with Crippen molar-refractivity contribution >= 4 is 23.0 Å². The molecule has 3 rings (SSSR count). The molecule has 0 saturated carbocycles. The number of aromatic nitrogens is 3. The van der Waals surface area contributed by atoms with E-state index in [2.05, 4.69) is 15.3 Å². The van der Waals surface area contributed by atoms with Gasteiger partial charge in [0.15, 0.2) is 0 Å². The number of aryl methyl sites for hydroxylation is 1. The quantitative estimate of drug-likeness (QED) is 0.574. The Kier molecular flexibility index (Phi) is 3.40. The van der Waals surface area contributed by atoms with Crippen molar-refractivity contribution in [2.45, 2.75) is 6.54 Å². The highest BCUT2D eigenvalue weighted by molar-refractivity contribution is 7.13. The summed E-state index contributed by atoms with van der Waals surface area (Å²) in [6.07, 6.45) is 2.92. The van der Waals surface area contributed by atoms with Gasteiger partial charge in [0.25, 0.3) is 0 Å². The molecule has 0 aromatic carbocycles. The number of rotatable bonds is 5. The number of hydrogen-bond donors (Lipinski definition) is 1. The Labute approximate surface area is 123 Å². The molecule has 108 valence electrons. The van der Waals surface area contributed by atoms with E-state index < -0.39 is 4.92 Å². The van der Waals surface area contributed by atoms with Crippen LogP contribution in [0.4, 0.5) is 11.6 Å². The van der Waals surface area contributed by atoms with E-state index in [-0.39, 0.29) is 5.82 Å². The number of oxazole rings is 1. The number of imidazole rings is 1. The molecule has 0 atom stereocenters. The molecular formula is C12H11N5O3S. The van der Waals surface area contributed by atoms with Crippen molar-refractivity contribution in [1.29, 1.82) is 0 Å². The first-order chi connectivity index (χ1) is 10.1. The lowest BCUT2D eigenvalue weighted by molar-refractivity contribution is -0.388. The minimum atomic E-state index is -0.526. The predicted octanol–water partition coefficient (Wildman–Crippen LogP) is 2.66. The first kappa shape index (κ1) is 13.3. The minimum absolute atomic E-state index is 0.209. The summed E-state index contributed by atoms with van der Waals surface area (Å²) in [5.74, 6) is 0.668. The summed E-state index contributed by atoms with van der Waals surface area (Å²) in [6, 6.07) is 3.83. The highest BCUT2D eigenvalue weighted by Gasteiger charge is 2.20. The summed E-state index contributed by atoms with van der Waals surface area (Å²) >= 11 is 1.53. The maximum Gasteiger partial charge on any atom is 0.406 e. The van der Waals surface area contributed by atoms with Gasteiger partial charge in [-0.25, -0.2) is 4.98 Å². The van der Waals surface area contributed by atoms with Crippen LogP contribution in [0.15, 0.2) is 34.5 Å². The van der Waals surface area contributed by atoms with Gasteiger partial charge in [-0.1, -0.05) is 6.07 Å². The van der Waals surface area contributed by atoms with E-state index in [0.29, 0.717) is 23.9 Å². The lowest BCUT2D eigenvalue weighted by atomic mass is 10.4. The van der Waals surface area contributed by atoms with E-state index in [0.717, 1.165) is 4.88 Å². The summed E-state index contributed by atoms with van der Waals surface area (Å²) in [5.41, 5.74) is 0.661. The van der Waals surface area contributed by atoms with Crippen LogP contribution in [0.3, 0.4) is 0 Å². The van der Waals surface area contributed by atoms with Crippen molar-refractivity contribution in [2.75, 3.05) is 5.32 Å². The van der Waals surface area contributed by atoms with Gasteiger partial charge in [-0.05, 0) is 21.4 Å². The van der Waals surface area contributed by atoms with E-state index >= 15 is 0 Å². The fraction of sp³-hybridized carbons (Fsp3) is 0.167. The second kappa shape index (κ2) is 5.37. The fourth-order valence-electron chi connectivity index (χ4n) is 1.83. The van der Waals surface area contributed by atoms with E-state index in [1.165, 1.54) is 23.9 Å². The van der Waals surface area contributed by atoms with Crippen LogP contribution in [-0.2, 0) is 13.6 Å². The van der Waals surface area contributed by atoms with Crippen LogP contribution in [0.5, 0.6) is 0 Å². The zero-order valence-corrected chi connectivity index (χ0v) is 11.8. The molecule has 8 nitrogen and oxygen atoms in total. The molecule has 0 spiro atoms. The number of thiophene rings is 1. The smallest absolute Gasteiger partial charge is 0.406 e. The molecule has 3 aromatic rings. The lowest BCUT2D eigenvalue weighted by Crippen LogP contribution is -2.06. The summed E-state index contributed by atoms with van der Waals surface area (Å²) in [7, 11) is 1.68. The van der Waals surface area contributed by atoms with Crippen LogP contribution in [0, 0.1) is 10.1 Å². The van der Waals surface area contributed by atoms with Gasteiger partial charge in [-0.15, -0.1) is 11.3 Å². The highest BCUT2D eigenvalue weighted by atomic mass is 32.1. The Bertz CT molecular complexity index is 762. The van der Waals surface area contributed by atoms with Crippen LogP contribution in [0.25, 0.3) is 10.8 Å². The normalized spacial score (nSPS) is 10.7. The highest BCUT2D eigenvalue weighted by Crippen LogP contribution is 2.25. The van der Waals surface area contributed by atoms with E-state index in [1.54, 1.807) is 11.6 Å². The van der Waals surface area contributed by atoms with E-state index in [9.17, 15) is 10.1 Å². The molecule has 0 aliphatic rings.